The zero-order valence-corrected chi connectivity index (χ0v) is 37.3. The Morgan fingerprint density at radius 1 is 0.191 bits per heavy atom. The van der Waals surface area contributed by atoms with E-state index in [1.165, 1.54) is 105 Å². The Kier molecular flexibility index (Phi) is 9.54. The van der Waals surface area contributed by atoms with Crippen LogP contribution < -0.4 is 0 Å². The molecule has 0 N–H and O–H groups in total. The van der Waals surface area contributed by atoms with Crippen LogP contribution in [0.4, 0.5) is 0 Å². The molecule has 13 aromatic rings. The predicted molar refractivity (Wildman–Crippen MR) is 288 cm³/mol. The van der Waals surface area contributed by atoms with E-state index >= 15 is 0 Å². The van der Waals surface area contributed by atoms with E-state index in [2.05, 4.69) is 276 Å². The molecule has 0 bridgehead atoms. The molecule has 11 aromatic carbocycles. The first-order valence-corrected chi connectivity index (χ1v) is 23.4. The third-order valence-corrected chi connectivity index (χ3v) is 13.8. The molecule has 0 aliphatic carbocycles. The van der Waals surface area contributed by atoms with E-state index < -0.39 is 0 Å². The van der Waals surface area contributed by atoms with Crippen molar-refractivity contribution in [2.24, 2.45) is 0 Å². The number of benzene rings is 11. The van der Waals surface area contributed by atoms with Crippen LogP contribution in [0.25, 0.3) is 122 Å². The highest BCUT2D eigenvalue weighted by Crippen LogP contribution is 2.45. The molecule has 0 fully saturated rings. The zero-order chi connectivity index (χ0) is 45.0. The van der Waals surface area contributed by atoms with Crippen molar-refractivity contribution in [1.82, 2.24) is 9.13 Å². The summed E-state index contributed by atoms with van der Waals surface area (Å²) in [6.45, 7) is 0. The highest BCUT2D eigenvalue weighted by molar-refractivity contribution is 6.12. The zero-order valence-electron chi connectivity index (χ0n) is 37.3. The highest BCUT2D eigenvalue weighted by atomic mass is 15.0. The van der Waals surface area contributed by atoms with Crippen molar-refractivity contribution in [3.05, 3.63) is 267 Å². The summed E-state index contributed by atoms with van der Waals surface area (Å²) < 4.78 is 4.83. The molecule has 0 spiro atoms. The minimum atomic E-state index is 1.12. The molecule has 0 amide bonds. The van der Waals surface area contributed by atoms with Crippen LogP contribution >= 0.6 is 0 Å². The smallest absolute Gasteiger partial charge is 0.0542 e. The number of fused-ring (bicyclic) bond motifs is 6. The van der Waals surface area contributed by atoms with Gasteiger partial charge in [-0.3, -0.25) is 0 Å². The number of hydrogen-bond donors (Lipinski definition) is 0. The van der Waals surface area contributed by atoms with Crippen molar-refractivity contribution < 1.29 is 0 Å². The van der Waals surface area contributed by atoms with Crippen LogP contribution in [0.1, 0.15) is 0 Å². The van der Waals surface area contributed by atoms with Crippen molar-refractivity contribution in [3.63, 3.8) is 0 Å². The molecule has 0 aliphatic heterocycles. The fraction of sp³-hybridized carbons (Fsp3) is 0. The van der Waals surface area contributed by atoms with Gasteiger partial charge >= 0.3 is 0 Å². The summed E-state index contributed by atoms with van der Waals surface area (Å²) in [5, 5.41) is 4.99. The van der Waals surface area contributed by atoms with Gasteiger partial charge in [0.25, 0.3) is 0 Å². The molecule has 0 unspecified atom stereocenters. The minimum absolute atomic E-state index is 1.12. The van der Waals surface area contributed by atoms with Crippen LogP contribution in [0.5, 0.6) is 0 Å². The van der Waals surface area contributed by atoms with Crippen LogP contribution in [-0.2, 0) is 0 Å². The summed E-state index contributed by atoms with van der Waals surface area (Å²) in [7, 11) is 0. The van der Waals surface area contributed by atoms with Crippen LogP contribution in [0.15, 0.2) is 267 Å². The Bertz CT molecular complexity index is 3800. The van der Waals surface area contributed by atoms with Gasteiger partial charge in [0.05, 0.1) is 22.1 Å². The number of aromatic nitrogens is 2. The molecular formula is C66H44N2. The summed E-state index contributed by atoms with van der Waals surface area (Å²) in [6, 6.07) is 97.5. The van der Waals surface area contributed by atoms with E-state index in [1.54, 1.807) is 0 Å². The van der Waals surface area contributed by atoms with Crippen molar-refractivity contribution in [3.8, 4) is 78.1 Å². The molecular weight excluding hydrogens is 821 g/mol. The van der Waals surface area contributed by atoms with E-state index in [1.807, 2.05) is 0 Å². The number of hydrogen-bond acceptors (Lipinski definition) is 0. The van der Waals surface area contributed by atoms with E-state index in [-0.39, 0.29) is 0 Å². The largest absolute Gasteiger partial charge is 0.309 e. The Hall–Kier alpha value is -8.98. The standard InChI is InChI=1S/C66H44N2/c1-4-16-45(17-5-1)47-28-32-50(33-29-47)59-42-53(43-60(66(59)52-20-8-3-9-21-52)51-34-30-48(31-35-51)46-18-6-2-7-19-46)49-36-38-54(39-37-49)67-64-27-15-12-24-58(64)61-44-55(40-41-65(61)67)68-62-25-13-10-22-56(62)57-23-11-14-26-63(57)68/h1-44H. The van der Waals surface area contributed by atoms with Crippen LogP contribution in [0, 0.1) is 0 Å². The Morgan fingerprint density at radius 2 is 0.515 bits per heavy atom. The maximum absolute atomic E-state index is 2.42. The van der Waals surface area contributed by atoms with Gasteiger partial charge in [-0.2, -0.15) is 0 Å². The first-order valence-electron chi connectivity index (χ1n) is 23.4. The van der Waals surface area contributed by atoms with Crippen molar-refractivity contribution in [2.75, 3.05) is 0 Å². The second-order valence-corrected chi connectivity index (χ2v) is 17.7. The maximum Gasteiger partial charge on any atom is 0.0542 e. The third-order valence-electron chi connectivity index (χ3n) is 13.8. The van der Waals surface area contributed by atoms with E-state index in [4.69, 9.17) is 0 Å². The van der Waals surface area contributed by atoms with Gasteiger partial charge < -0.3 is 9.13 Å². The summed E-state index contributed by atoms with van der Waals surface area (Å²) in [4.78, 5) is 0. The molecule has 2 nitrogen and oxygen atoms in total. The Balaban J connectivity index is 0.959. The number of rotatable bonds is 8. The quantitative estimate of drug-likeness (QED) is 0.144. The van der Waals surface area contributed by atoms with Gasteiger partial charge in [0.2, 0.25) is 0 Å². The van der Waals surface area contributed by atoms with Gasteiger partial charge in [-0.05, 0) is 127 Å². The lowest BCUT2D eigenvalue weighted by Gasteiger charge is -2.20. The van der Waals surface area contributed by atoms with Crippen molar-refractivity contribution in [1.29, 1.82) is 0 Å². The van der Waals surface area contributed by atoms with E-state index in [0.29, 0.717) is 0 Å². The highest BCUT2D eigenvalue weighted by Gasteiger charge is 2.20. The van der Waals surface area contributed by atoms with Crippen LogP contribution in [0.3, 0.4) is 0 Å². The number of para-hydroxylation sites is 3. The summed E-state index contributed by atoms with van der Waals surface area (Å²) in [6.07, 6.45) is 0. The minimum Gasteiger partial charge on any atom is -0.309 e. The first-order chi connectivity index (χ1) is 33.7. The summed E-state index contributed by atoms with van der Waals surface area (Å²) in [5.74, 6) is 0. The maximum atomic E-state index is 2.42. The predicted octanol–water partition coefficient (Wildman–Crippen LogP) is 17.9. The molecule has 0 saturated heterocycles. The molecule has 68 heavy (non-hydrogen) atoms. The second-order valence-electron chi connectivity index (χ2n) is 17.7. The first kappa shape index (κ1) is 39.4. The Morgan fingerprint density at radius 3 is 1.00 bits per heavy atom. The fourth-order valence-electron chi connectivity index (χ4n) is 10.5. The topological polar surface area (TPSA) is 9.86 Å². The molecule has 2 aromatic heterocycles. The average Bonchev–Trinajstić information content (AvgIpc) is 3.94. The van der Waals surface area contributed by atoms with Gasteiger partial charge in [-0.25, -0.2) is 0 Å². The lowest BCUT2D eigenvalue weighted by molar-refractivity contribution is 1.17. The molecule has 318 valence electrons. The molecule has 0 aliphatic rings. The molecule has 13 rings (SSSR count). The molecule has 2 heteroatoms. The van der Waals surface area contributed by atoms with Gasteiger partial charge in [-0.15, -0.1) is 0 Å². The normalized spacial score (nSPS) is 11.5. The van der Waals surface area contributed by atoms with Gasteiger partial charge in [0, 0.05) is 32.9 Å². The molecule has 2 heterocycles. The summed E-state index contributed by atoms with van der Waals surface area (Å²) in [5.41, 5.74) is 21.4. The lowest BCUT2D eigenvalue weighted by Crippen LogP contribution is -1.96. The second kappa shape index (κ2) is 16.5. The van der Waals surface area contributed by atoms with Gasteiger partial charge in [0.1, 0.15) is 0 Å². The SMILES string of the molecule is c1ccc(-c2ccc(-c3cc(-c4ccc(-n5c6ccccc6c6cc(-n7c8ccccc8c8ccccc87)ccc65)cc4)cc(-c4ccc(-c5ccccc5)cc4)c3-c3ccccc3)cc2)cc1. The Labute approximate surface area is 395 Å². The average molecular weight is 865 g/mol. The van der Waals surface area contributed by atoms with Gasteiger partial charge in [0.15, 0.2) is 0 Å². The van der Waals surface area contributed by atoms with Crippen LogP contribution in [-0.4, -0.2) is 9.13 Å². The lowest BCUT2D eigenvalue weighted by atomic mass is 9.84. The van der Waals surface area contributed by atoms with Crippen molar-refractivity contribution >= 4 is 43.6 Å². The molecule has 0 radical (unpaired) electrons. The van der Waals surface area contributed by atoms with Crippen LogP contribution in [0.2, 0.25) is 0 Å². The monoisotopic (exact) mass is 864 g/mol. The van der Waals surface area contributed by atoms with E-state index in [9.17, 15) is 0 Å². The summed E-state index contributed by atoms with van der Waals surface area (Å²) >= 11 is 0. The molecule has 0 atom stereocenters. The number of nitrogens with zero attached hydrogens (tertiary/aromatic N) is 2. The third kappa shape index (κ3) is 6.73. The van der Waals surface area contributed by atoms with Gasteiger partial charge in [-0.1, -0.05) is 206 Å². The van der Waals surface area contributed by atoms with E-state index in [0.717, 1.165) is 16.9 Å². The fourth-order valence-corrected chi connectivity index (χ4v) is 10.5. The van der Waals surface area contributed by atoms with Crippen molar-refractivity contribution in [2.45, 2.75) is 0 Å². The molecule has 0 saturated carbocycles.